The summed E-state index contributed by atoms with van der Waals surface area (Å²) in [4.78, 5) is 15.7. The van der Waals surface area contributed by atoms with Gasteiger partial charge >= 0.3 is 0 Å². The molecule has 0 spiro atoms. The summed E-state index contributed by atoms with van der Waals surface area (Å²) < 4.78 is 0. The van der Waals surface area contributed by atoms with Gasteiger partial charge in [-0.15, -0.1) is 6.58 Å². The van der Waals surface area contributed by atoms with Crippen molar-refractivity contribution in [3.63, 3.8) is 0 Å². The Bertz CT molecular complexity index is 157. The highest BCUT2D eigenvalue weighted by Crippen LogP contribution is 2.07. The third-order valence-electron chi connectivity index (χ3n) is 1.68. The third kappa shape index (κ3) is 7.53. The van der Waals surface area contributed by atoms with Crippen LogP contribution in [0.25, 0.3) is 0 Å². The highest BCUT2D eigenvalue weighted by atomic mass is 16.7. The van der Waals surface area contributed by atoms with Crippen LogP contribution in [0.15, 0.2) is 12.7 Å². The average molecular weight is 185 g/mol. The molecule has 0 heterocycles. The Morgan fingerprint density at radius 3 is 2.85 bits per heavy atom. The van der Waals surface area contributed by atoms with Gasteiger partial charge in [-0.3, -0.25) is 9.63 Å². The maximum absolute atomic E-state index is 10.6. The summed E-state index contributed by atoms with van der Waals surface area (Å²) in [5, 5.41) is 0. The van der Waals surface area contributed by atoms with Crippen LogP contribution in [0.4, 0.5) is 0 Å². The lowest BCUT2D eigenvalue weighted by Crippen LogP contribution is -2.27. The Morgan fingerprint density at radius 2 is 2.38 bits per heavy atom. The van der Waals surface area contributed by atoms with E-state index in [9.17, 15) is 4.79 Å². The molecule has 0 fully saturated rings. The number of unbranched alkanes of at least 4 members (excludes halogenated alkanes) is 1. The lowest BCUT2D eigenvalue weighted by Gasteiger charge is -2.14. The number of nitrogens with one attached hydrogen (secondary N) is 1. The molecule has 0 bridgehead atoms. The molecule has 0 unspecified atom stereocenters. The van der Waals surface area contributed by atoms with Crippen LogP contribution in [0.3, 0.4) is 0 Å². The van der Waals surface area contributed by atoms with E-state index in [4.69, 9.17) is 4.84 Å². The van der Waals surface area contributed by atoms with Crippen LogP contribution >= 0.6 is 0 Å². The Labute approximate surface area is 80.1 Å². The number of hydrogen-bond donors (Lipinski definition) is 1. The lowest BCUT2D eigenvalue weighted by molar-refractivity contribution is -0.136. The minimum absolute atomic E-state index is 0.0707. The Morgan fingerprint density at radius 1 is 1.69 bits per heavy atom. The normalized spacial score (nSPS) is 12.2. The second-order valence-corrected chi connectivity index (χ2v) is 3.06. The van der Waals surface area contributed by atoms with Gasteiger partial charge in [-0.1, -0.05) is 25.8 Å². The van der Waals surface area contributed by atoms with E-state index in [1.54, 1.807) is 0 Å². The zero-order valence-corrected chi connectivity index (χ0v) is 8.51. The van der Waals surface area contributed by atoms with E-state index in [-0.39, 0.29) is 12.0 Å². The summed E-state index contributed by atoms with van der Waals surface area (Å²) >= 11 is 0. The molecule has 0 aromatic carbocycles. The highest BCUT2D eigenvalue weighted by molar-refractivity contribution is 5.71. The summed E-state index contributed by atoms with van der Waals surface area (Å²) in [7, 11) is 0. The maximum Gasteiger partial charge on any atom is 0.240 e. The molecule has 0 rings (SSSR count). The van der Waals surface area contributed by atoms with Crippen LogP contribution in [0.1, 0.15) is 39.5 Å². The number of carbonyl (C=O) groups is 1. The van der Waals surface area contributed by atoms with Crippen LogP contribution in [-0.2, 0) is 9.63 Å². The molecule has 0 aliphatic heterocycles. The molecule has 0 aliphatic rings. The first-order valence-corrected chi connectivity index (χ1v) is 4.73. The van der Waals surface area contributed by atoms with Crippen molar-refractivity contribution in [2.24, 2.45) is 0 Å². The van der Waals surface area contributed by atoms with Crippen molar-refractivity contribution in [3.05, 3.63) is 12.7 Å². The molecule has 1 atom stereocenters. The van der Waals surface area contributed by atoms with Gasteiger partial charge in [0.05, 0.1) is 6.10 Å². The van der Waals surface area contributed by atoms with Gasteiger partial charge in [-0.2, -0.15) is 0 Å². The molecule has 0 saturated carbocycles. The topological polar surface area (TPSA) is 38.3 Å². The van der Waals surface area contributed by atoms with Crippen molar-refractivity contribution in [2.75, 3.05) is 0 Å². The predicted molar refractivity (Wildman–Crippen MR) is 53.0 cm³/mol. The van der Waals surface area contributed by atoms with Crippen LogP contribution in [0.5, 0.6) is 0 Å². The summed E-state index contributed by atoms with van der Waals surface area (Å²) in [5.74, 6) is -0.162. The predicted octanol–water partition coefficient (Wildman–Crippen LogP) is 2.19. The second-order valence-electron chi connectivity index (χ2n) is 3.06. The van der Waals surface area contributed by atoms with E-state index < -0.39 is 0 Å². The van der Waals surface area contributed by atoms with Crippen LogP contribution < -0.4 is 5.48 Å². The minimum Gasteiger partial charge on any atom is -0.273 e. The first-order valence-electron chi connectivity index (χ1n) is 4.73. The van der Waals surface area contributed by atoms with Crippen LogP contribution in [0.2, 0.25) is 0 Å². The summed E-state index contributed by atoms with van der Waals surface area (Å²) in [6.45, 7) is 7.21. The SMILES string of the molecule is C=CC[C@@H](CCCC)ONC(C)=O. The van der Waals surface area contributed by atoms with Crippen molar-refractivity contribution in [1.82, 2.24) is 5.48 Å². The lowest BCUT2D eigenvalue weighted by atomic mass is 10.1. The van der Waals surface area contributed by atoms with Gasteiger partial charge in [-0.25, -0.2) is 5.48 Å². The molecule has 0 aromatic rings. The quantitative estimate of drug-likeness (QED) is 0.487. The molecule has 13 heavy (non-hydrogen) atoms. The first kappa shape index (κ1) is 12.2. The Kier molecular flexibility index (Phi) is 7.30. The standard InChI is InChI=1S/C10H19NO2/c1-4-6-8-10(7-5-2)13-11-9(3)12/h5,10H,2,4,6-8H2,1,3H3,(H,11,12)/t10-/m0/s1. The van der Waals surface area contributed by atoms with E-state index in [0.29, 0.717) is 0 Å². The molecule has 0 aromatic heterocycles. The summed E-state index contributed by atoms with van der Waals surface area (Å²) in [6, 6.07) is 0. The van der Waals surface area contributed by atoms with Gasteiger partial charge in [0, 0.05) is 6.92 Å². The van der Waals surface area contributed by atoms with Crippen molar-refractivity contribution >= 4 is 5.91 Å². The van der Waals surface area contributed by atoms with Crippen LogP contribution in [0, 0.1) is 0 Å². The highest BCUT2D eigenvalue weighted by Gasteiger charge is 2.07. The molecule has 0 aliphatic carbocycles. The van der Waals surface area contributed by atoms with Crippen molar-refractivity contribution in [2.45, 2.75) is 45.6 Å². The van der Waals surface area contributed by atoms with Gasteiger partial charge < -0.3 is 0 Å². The molecule has 76 valence electrons. The summed E-state index contributed by atoms with van der Waals surface area (Å²) in [6.07, 6.45) is 5.86. The van der Waals surface area contributed by atoms with Crippen LogP contribution in [-0.4, -0.2) is 12.0 Å². The molecule has 1 N–H and O–H groups in total. The molecule has 1 amide bonds. The number of hydroxylamine groups is 1. The van der Waals surface area contributed by atoms with Crippen molar-refractivity contribution < 1.29 is 9.63 Å². The van der Waals surface area contributed by atoms with Gasteiger partial charge in [0.15, 0.2) is 0 Å². The zero-order chi connectivity index (χ0) is 10.1. The van der Waals surface area contributed by atoms with E-state index in [1.165, 1.54) is 6.92 Å². The summed E-state index contributed by atoms with van der Waals surface area (Å²) in [5.41, 5.74) is 2.35. The van der Waals surface area contributed by atoms with E-state index in [0.717, 1.165) is 25.7 Å². The van der Waals surface area contributed by atoms with E-state index in [2.05, 4.69) is 19.0 Å². The second kappa shape index (κ2) is 7.80. The van der Waals surface area contributed by atoms with Crippen molar-refractivity contribution in [1.29, 1.82) is 0 Å². The zero-order valence-electron chi connectivity index (χ0n) is 8.51. The first-order chi connectivity index (χ1) is 6.20. The van der Waals surface area contributed by atoms with Gasteiger partial charge in [0.2, 0.25) is 5.91 Å². The molecule has 0 saturated heterocycles. The Balaban J connectivity index is 3.65. The molecule has 3 heteroatoms. The minimum atomic E-state index is -0.162. The number of rotatable bonds is 7. The Hall–Kier alpha value is -0.830. The van der Waals surface area contributed by atoms with Gasteiger partial charge in [0.25, 0.3) is 0 Å². The largest absolute Gasteiger partial charge is 0.273 e. The van der Waals surface area contributed by atoms with Crippen molar-refractivity contribution in [3.8, 4) is 0 Å². The monoisotopic (exact) mass is 185 g/mol. The molecule has 3 nitrogen and oxygen atoms in total. The average Bonchev–Trinajstić information content (AvgIpc) is 2.09. The smallest absolute Gasteiger partial charge is 0.240 e. The van der Waals surface area contributed by atoms with E-state index >= 15 is 0 Å². The fraction of sp³-hybridized carbons (Fsp3) is 0.700. The molecular formula is C10H19NO2. The third-order valence-corrected chi connectivity index (χ3v) is 1.68. The number of hydrogen-bond acceptors (Lipinski definition) is 2. The number of carbonyl (C=O) groups excluding carboxylic acids is 1. The maximum atomic E-state index is 10.6. The fourth-order valence-electron chi connectivity index (χ4n) is 1.01. The fourth-order valence-corrected chi connectivity index (χ4v) is 1.01. The van der Waals surface area contributed by atoms with E-state index in [1.807, 2.05) is 6.08 Å². The molecule has 0 radical (unpaired) electrons. The molecular weight excluding hydrogens is 166 g/mol. The number of amides is 1. The van der Waals surface area contributed by atoms with Gasteiger partial charge in [-0.05, 0) is 12.8 Å². The van der Waals surface area contributed by atoms with Gasteiger partial charge in [0.1, 0.15) is 0 Å².